The molecule has 1 unspecified atom stereocenters. The van der Waals surface area contributed by atoms with Crippen molar-refractivity contribution in [3.8, 4) is 0 Å². The Balaban J connectivity index is 1.54. The molecule has 6 nitrogen and oxygen atoms in total. The first-order valence-electron chi connectivity index (χ1n) is 10.6. The second-order valence-electron chi connectivity index (χ2n) is 7.85. The maximum absolute atomic E-state index is 13.0. The van der Waals surface area contributed by atoms with Crippen molar-refractivity contribution in [1.82, 2.24) is 5.32 Å². The standard InChI is InChI=1S/C23H25Cl2N3O3/c24-15-5-7-18(20(25)12-15)23(30)27-16-6-8-21(28-9-1-2-10-28)19(13-16)22(29)26-14-17-4-3-11-31-17/h5-8,12-13,17H,1-4,9-11,14H2,(H,26,29)(H,27,30). The number of ether oxygens (including phenoxy) is 1. The van der Waals surface area contributed by atoms with E-state index in [1.807, 2.05) is 12.1 Å². The molecule has 2 N–H and O–H groups in total. The summed E-state index contributed by atoms with van der Waals surface area (Å²) >= 11 is 12.1. The molecule has 0 saturated carbocycles. The van der Waals surface area contributed by atoms with Gasteiger partial charge in [0, 0.05) is 42.6 Å². The largest absolute Gasteiger partial charge is 0.376 e. The third-order valence-corrected chi connectivity index (χ3v) is 6.18. The van der Waals surface area contributed by atoms with Gasteiger partial charge in [0.2, 0.25) is 0 Å². The summed E-state index contributed by atoms with van der Waals surface area (Å²) in [4.78, 5) is 27.9. The maximum Gasteiger partial charge on any atom is 0.257 e. The molecule has 2 amide bonds. The van der Waals surface area contributed by atoms with Crippen molar-refractivity contribution in [2.75, 3.05) is 36.5 Å². The van der Waals surface area contributed by atoms with E-state index in [2.05, 4.69) is 15.5 Å². The summed E-state index contributed by atoms with van der Waals surface area (Å²) in [5, 5.41) is 6.56. The SMILES string of the molecule is O=C(Nc1ccc(N2CCCC2)c(C(=O)NCC2CCCO2)c1)c1ccc(Cl)cc1Cl. The van der Waals surface area contributed by atoms with Crippen molar-refractivity contribution in [2.45, 2.75) is 31.8 Å². The lowest BCUT2D eigenvalue weighted by Gasteiger charge is -2.22. The molecule has 31 heavy (non-hydrogen) atoms. The number of anilines is 2. The van der Waals surface area contributed by atoms with E-state index in [-0.39, 0.29) is 22.9 Å². The lowest BCUT2D eigenvalue weighted by molar-refractivity contribution is 0.0858. The van der Waals surface area contributed by atoms with Crippen LogP contribution >= 0.6 is 23.2 Å². The van der Waals surface area contributed by atoms with Gasteiger partial charge in [-0.25, -0.2) is 0 Å². The van der Waals surface area contributed by atoms with Gasteiger partial charge in [0.1, 0.15) is 0 Å². The number of amides is 2. The molecule has 4 rings (SSSR count). The maximum atomic E-state index is 13.0. The Morgan fingerprint density at radius 2 is 1.81 bits per heavy atom. The molecule has 164 valence electrons. The number of benzene rings is 2. The van der Waals surface area contributed by atoms with Crippen LogP contribution in [-0.2, 0) is 4.74 Å². The second-order valence-corrected chi connectivity index (χ2v) is 8.69. The number of carbonyl (C=O) groups is 2. The van der Waals surface area contributed by atoms with E-state index in [0.29, 0.717) is 28.4 Å². The van der Waals surface area contributed by atoms with Crippen LogP contribution in [-0.4, -0.2) is 44.2 Å². The van der Waals surface area contributed by atoms with Gasteiger partial charge in [-0.3, -0.25) is 9.59 Å². The minimum Gasteiger partial charge on any atom is -0.376 e. The van der Waals surface area contributed by atoms with Crippen LogP contribution in [0.25, 0.3) is 0 Å². The van der Waals surface area contributed by atoms with Crippen molar-refractivity contribution in [3.63, 3.8) is 0 Å². The van der Waals surface area contributed by atoms with E-state index >= 15 is 0 Å². The monoisotopic (exact) mass is 461 g/mol. The smallest absolute Gasteiger partial charge is 0.257 e. The number of rotatable bonds is 6. The van der Waals surface area contributed by atoms with Gasteiger partial charge in [0.25, 0.3) is 11.8 Å². The Hall–Kier alpha value is -2.28. The molecule has 0 bridgehead atoms. The molecule has 2 aromatic rings. The zero-order chi connectivity index (χ0) is 21.8. The van der Waals surface area contributed by atoms with Gasteiger partial charge in [0.05, 0.1) is 22.3 Å². The topological polar surface area (TPSA) is 70.7 Å². The van der Waals surface area contributed by atoms with E-state index < -0.39 is 0 Å². The zero-order valence-electron chi connectivity index (χ0n) is 17.1. The van der Waals surface area contributed by atoms with E-state index in [1.54, 1.807) is 18.2 Å². The molecule has 0 radical (unpaired) electrons. The molecule has 8 heteroatoms. The number of nitrogens with one attached hydrogen (secondary N) is 2. The lowest BCUT2D eigenvalue weighted by atomic mass is 10.1. The molecule has 2 aliphatic heterocycles. The minimum absolute atomic E-state index is 0.0640. The third kappa shape index (κ3) is 5.32. The Morgan fingerprint density at radius 3 is 2.52 bits per heavy atom. The summed E-state index contributed by atoms with van der Waals surface area (Å²) in [5.41, 5.74) is 2.27. The lowest BCUT2D eigenvalue weighted by Crippen LogP contribution is -2.33. The van der Waals surface area contributed by atoms with E-state index in [0.717, 1.165) is 51.1 Å². The highest BCUT2D eigenvalue weighted by Gasteiger charge is 2.22. The molecule has 2 heterocycles. The summed E-state index contributed by atoms with van der Waals surface area (Å²) < 4.78 is 5.61. The predicted octanol–water partition coefficient (Wildman–Crippen LogP) is 4.75. The summed E-state index contributed by atoms with van der Waals surface area (Å²) in [6.45, 7) is 3.06. The number of nitrogens with zero attached hydrogens (tertiary/aromatic N) is 1. The van der Waals surface area contributed by atoms with Gasteiger partial charge < -0.3 is 20.3 Å². The van der Waals surface area contributed by atoms with Gasteiger partial charge in [-0.05, 0) is 62.1 Å². The average Bonchev–Trinajstić information content (AvgIpc) is 3.46. The fraction of sp³-hybridized carbons (Fsp3) is 0.391. The molecule has 0 spiro atoms. The van der Waals surface area contributed by atoms with Gasteiger partial charge in [0.15, 0.2) is 0 Å². The van der Waals surface area contributed by atoms with Gasteiger partial charge in [-0.1, -0.05) is 23.2 Å². The summed E-state index contributed by atoms with van der Waals surface area (Å²) in [5.74, 6) is -0.528. The van der Waals surface area contributed by atoms with Crippen LogP contribution in [0, 0.1) is 0 Å². The first kappa shape index (κ1) is 21.9. The van der Waals surface area contributed by atoms with Crippen LogP contribution in [0.1, 0.15) is 46.4 Å². The van der Waals surface area contributed by atoms with Crippen molar-refractivity contribution < 1.29 is 14.3 Å². The average molecular weight is 462 g/mol. The quantitative estimate of drug-likeness (QED) is 0.650. The Bertz CT molecular complexity index is 971. The van der Waals surface area contributed by atoms with Crippen molar-refractivity contribution in [2.24, 2.45) is 0 Å². The Labute approximate surface area is 191 Å². The van der Waals surface area contributed by atoms with Crippen LogP contribution in [0.2, 0.25) is 10.0 Å². The highest BCUT2D eigenvalue weighted by molar-refractivity contribution is 6.37. The van der Waals surface area contributed by atoms with Crippen LogP contribution in [0.5, 0.6) is 0 Å². The normalized spacial score (nSPS) is 18.3. The number of carbonyl (C=O) groups excluding carboxylic acids is 2. The summed E-state index contributed by atoms with van der Waals surface area (Å²) in [6.07, 6.45) is 4.25. The van der Waals surface area contributed by atoms with Crippen molar-refractivity contribution >= 4 is 46.4 Å². The second kappa shape index (κ2) is 9.90. The van der Waals surface area contributed by atoms with E-state index in [9.17, 15) is 9.59 Å². The number of hydrogen-bond donors (Lipinski definition) is 2. The van der Waals surface area contributed by atoms with E-state index in [1.165, 1.54) is 6.07 Å². The molecule has 1 atom stereocenters. The Morgan fingerprint density at radius 1 is 1.00 bits per heavy atom. The molecular weight excluding hydrogens is 437 g/mol. The first-order chi connectivity index (χ1) is 15.0. The molecule has 2 fully saturated rings. The van der Waals surface area contributed by atoms with Crippen LogP contribution in [0.4, 0.5) is 11.4 Å². The number of hydrogen-bond acceptors (Lipinski definition) is 4. The summed E-state index contributed by atoms with van der Waals surface area (Å²) in [6, 6.07) is 10.1. The van der Waals surface area contributed by atoms with Crippen molar-refractivity contribution in [3.05, 3.63) is 57.6 Å². The Kier molecular flexibility index (Phi) is 7.00. The highest BCUT2D eigenvalue weighted by atomic mass is 35.5. The van der Waals surface area contributed by atoms with Crippen molar-refractivity contribution in [1.29, 1.82) is 0 Å². The zero-order valence-corrected chi connectivity index (χ0v) is 18.6. The first-order valence-corrected chi connectivity index (χ1v) is 11.3. The fourth-order valence-corrected chi connectivity index (χ4v) is 4.50. The molecule has 2 aromatic carbocycles. The highest BCUT2D eigenvalue weighted by Crippen LogP contribution is 2.29. The van der Waals surface area contributed by atoms with Gasteiger partial charge in [-0.15, -0.1) is 0 Å². The number of halogens is 2. The van der Waals surface area contributed by atoms with Crippen LogP contribution in [0.15, 0.2) is 36.4 Å². The fourth-order valence-electron chi connectivity index (χ4n) is 4.01. The van der Waals surface area contributed by atoms with Crippen LogP contribution in [0.3, 0.4) is 0 Å². The molecule has 2 saturated heterocycles. The van der Waals surface area contributed by atoms with Gasteiger partial charge in [-0.2, -0.15) is 0 Å². The molecule has 0 aliphatic carbocycles. The predicted molar refractivity (Wildman–Crippen MR) is 124 cm³/mol. The van der Waals surface area contributed by atoms with E-state index in [4.69, 9.17) is 27.9 Å². The van der Waals surface area contributed by atoms with Gasteiger partial charge >= 0.3 is 0 Å². The van der Waals surface area contributed by atoms with Crippen LogP contribution < -0.4 is 15.5 Å². The molecule has 0 aromatic heterocycles. The molecule has 2 aliphatic rings. The minimum atomic E-state index is -0.360. The third-order valence-electron chi connectivity index (χ3n) is 5.64. The summed E-state index contributed by atoms with van der Waals surface area (Å²) in [7, 11) is 0. The molecular formula is C23H25Cl2N3O3.